The molecule has 1 heterocycles. The fourth-order valence-corrected chi connectivity index (χ4v) is 3.86. The summed E-state index contributed by atoms with van der Waals surface area (Å²) in [6.07, 6.45) is 1.27. The summed E-state index contributed by atoms with van der Waals surface area (Å²) in [5.74, 6) is -0.507. The lowest BCUT2D eigenvalue weighted by Crippen LogP contribution is -2.52. The number of carbonyl (C=O) groups excluding carboxylic acids is 1. The second-order valence-corrected chi connectivity index (χ2v) is 7.33. The Balaban J connectivity index is 2.61. The van der Waals surface area contributed by atoms with Crippen LogP contribution in [0.3, 0.4) is 0 Å². The minimum atomic E-state index is -3.60. The van der Waals surface area contributed by atoms with Gasteiger partial charge in [0.25, 0.3) is 10.2 Å². The van der Waals surface area contributed by atoms with Gasteiger partial charge in [0.1, 0.15) is 0 Å². The van der Waals surface area contributed by atoms with Crippen molar-refractivity contribution in [1.29, 1.82) is 0 Å². The highest BCUT2D eigenvalue weighted by atomic mass is 32.2. The Morgan fingerprint density at radius 3 is 2.40 bits per heavy atom. The zero-order valence-electron chi connectivity index (χ0n) is 12.3. The molecule has 0 saturated carbocycles. The quantitative estimate of drug-likeness (QED) is 0.666. The number of carbonyl (C=O) groups is 1. The van der Waals surface area contributed by atoms with E-state index < -0.39 is 15.7 Å². The van der Waals surface area contributed by atoms with E-state index in [4.69, 9.17) is 5.11 Å². The highest BCUT2D eigenvalue weighted by molar-refractivity contribution is 7.87. The molecule has 7 nitrogen and oxygen atoms in total. The molecule has 0 bridgehead atoms. The molecule has 0 aromatic rings. The van der Waals surface area contributed by atoms with Crippen molar-refractivity contribution in [2.75, 3.05) is 26.8 Å². The van der Waals surface area contributed by atoms with Gasteiger partial charge in [-0.2, -0.15) is 17.4 Å². The van der Waals surface area contributed by atoms with Crippen molar-refractivity contribution in [3.8, 4) is 0 Å². The first-order valence-corrected chi connectivity index (χ1v) is 8.13. The van der Waals surface area contributed by atoms with Crippen molar-refractivity contribution in [3.63, 3.8) is 0 Å². The largest absolute Gasteiger partial charge is 0.469 e. The average Bonchev–Trinajstić information content (AvgIpc) is 2.36. The van der Waals surface area contributed by atoms with Crippen LogP contribution < -0.4 is 4.72 Å². The summed E-state index contributed by atoms with van der Waals surface area (Å²) >= 11 is 0. The lowest BCUT2D eigenvalue weighted by Gasteiger charge is -2.33. The number of hydrogen-bond acceptors (Lipinski definition) is 5. The molecule has 0 aromatic carbocycles. The van der Waals surface area contributed by atoms with E-state index in [2.05, 4.69) is 9.46 Å². The fraction of sp³-hybridized carbons (Fsp3) is 0.917. The predicted molar refractivity (Wildman–Crippen MR) is 74.2 cm³/mol. The van der Waals surface area contributed by atoms with Gasteiger partial charge in [-0.25, -0.2) is 0 Å². The molecule has 20 heavy (non-hydrogen) atoms. The maximum atomic E-state index is 12.2. The van der Waals surface area contributed by atoms with E-state index in [1.165, 1.54) is 11.4 Å². The van der Waals surface area contributed by atoms with Gasteiger partial charge in [0.05, 0.1) is 13.0 Å². The lowest BCUT2D eigenvalue weighted by atomic mass is 9.99. The van der Waals surface area contributed by atoms with Crippen LogP contribution in [0.5, 0.6) is 0 Å². The molecular weight excluding hydrogens is 284 g/mol. The van der Waals surface area contributed by atoms with Gasteiger partial charge in [-0.1, -0.05) is 0 Å². The molecule has 0 atom stereocenters. The van der Waals surface area contributed by atoms with Gasteiger partial charge in [-0.15, -0.1) is 0 Å². The molecule has 0 aromatic heterocycles. The molecule has 8 heteroatoms. The zero-order valence-corrected chi connectivity index (χ0v) is 13.1. The monoisotopic (exact) mass is 308 g/mol. The average molecular weight is 308 g/mol. The van der Waals surface area contributed by atoms with Gasteiger partial charge in [0.15, 0.2) is 0 Å². The topological polar surface area (TPSA) is 95.9 Å². The molecule has 0 aliphatic carbocycles. The molecule has 1 saturated heterocycles. The smallest absolute Gasteiger partial charge is 0.308 e. The van der Waals surface area contributed by atoms with Crippen LogP contribution in [0, 0.1) is 5.92 Å². The van der Waals surface area contributed by atoms with E-state index in [-0.39, 0.29) is 18.5 Å². The normalized spacial score (nSPS) is 19.0. The molecule has 0 radical (unpaired) electrons. The fourth-order valence-electron chi connectivity index (χ4n) is 2.24. The third-order valence-corrected chi connectivity index (χ3v) is 5.33. The number of methoxy groups -OCH3 is 1. The van der Waals surface area contributed by atoms with Crippen molar-refractivity contribution in [1.82, 2.24) is 9.03 Å². The van der Waals surface area contributed by atoms with Crippen LogP contribution in [0.1, 0.15) is 33.1 Å². The Hall–Kier alpha value is -0.700. The van der Waals surface area contributed by atoms with Crippen molar-refractivity contribution in [2.24, 2.45) is 5.92 Å². The molecule has 0 unspecified atom stereocenters. The molecule has 1 rings (SSSR count). The summed E-state index contributed by atoms with van der Waals surface area (Å²) in [4.78, 5) is 11.4. The number of nitrogens with one attached hydrogen (secondary N) is 1. The second kappa shape index (κ2) is 6.84. The van der Waals surface area contributed by atoms with Gasteiger partial charge in [0, 0.05) is 25.2 Å². The van der Waals surface area contributed by atoms with Gasteiger partial charge >= 0.3 is 5.97 Å². The van der Waals surface area contributed by atoms with Crippen molar-refractivity contribution in [3.05, 3.63) is 0 Å². The van der Waals surface area contributed by atoms with Gasteiger partial charge < -0.3 is 9.84 Å². The summed E-state index contributed by atoms with van der Waals surface area (Å²) in [6.45, 7) is 3.96. The van der Waals surface area contributed by atoms with Gasteiger partial charge in [0.2, 0.25) is 0 Å². The van der Waals surface area contributed by atoms with Crippen LogP contribution in [0.2, 0.25) is 0 Å². The number of ether oxygens (including phenoxy) is 1. The van der Waals surface area contributed by atoms with Crippen molar-refractivity contribution >= 4 is 16.2 Å². The standard InChI is InChI=1S/C12H24N2O5S/c1-12(2,6-9-15)13-20(17,18)14-7-4-10(5-8-14)11(16)19-3/h10,13,15H,4-9H2,1-3H3. The van der Waals surface area contributed by atoms with E-state index >= 15 is 0 Å². The molecule has 118 valence electrons. The SMILES string of the molecule is COC(=O)C1CCN(S(=O)(=O)NC(C)(C)CCO)CC1. The van der Waals surface area contributed by atoms with E-state index in [1.54, 1.807) is 13.8 Å². The molecule has 1 aliphatic heterocycles. The molecule has 1 fully saturated rings. The Morgan fingerprint density at radius 2 is 1.95 bits per heavy atom. The van der Waals surface area contributed by atoms with Crippen LogP contribution in [0.4, 0.5) is 0 Å². The van der Waals surface area contributed by atoms with Crippen LogP contribution in [0.25, 0.3) is 0 Å². The first kappa shape index (κ1) is 17.4. The number of rotatable bonds is 6. The first-order chi connectivity index (χ1) is 9.22. The highest BCUT2D eigenvalue weighted by Crippen LogP contribution is 2.21. The third-order valence-electron chi connectivity index (χ3n) is 3.47. The van der Waals surface area contributed by atoms with Gasteiger partial charge in [-0.3, -0.25) is 4.79 Å². The summed E-state index contributed by atoms with van der Waals surface area (Å²) in [5, 5.41) is 8.93. The lowest BCUT2D eigenvalue weighted by molar-refractivity contribution is -0.146. The second-order valence-electron chi connectivity index (χ2n) is 5.66. The number of piperidine rings is 1. The Morgan fingerprint density at radius 1 is 1.40 bits per heavy atom. The minimum Gasteiger partial charge on any atom is -0.469 e. The van der Waals surface area contributed by atoms with E-state index in [0.717, 1.165) is 0 Å². The van der Waals surface area contributed by atoms with Crippen LogP contribution in [-0.4, -0.2) is 56.1 Å². The third kappa shape index (κ3) is 4.69. The maximum absolute atomic E-state index is 12.2. The Labute approximate surface area is 120 Å². The van der Waals surface area contributed by atoms with E-state index in [1.807, 2.05) is 0 Å². The molecular formula is C12H24N2O5S. The van der Waals surface area contributed by atoms with Gasteiger partial charge in [-0.05, 0) is 33.1 Å². The molecule has 1 aliphatic rings. The number of hydrogen-bond donors (Lipinski definition) is 2. The van der Waals surface area contributed by atoms with E-state index in [9.17, 15) is 13.2 Å². The number of aliphatic hydroxyl groups excluding tert-OH is 1. The minimum absolute atomic E-state index is 0.0834. The summed E-state index contributed by atoms with van der Waals surface area (Å²) < 4.78 is 33.1. The van der Waals surface area contributed by atoms with Crippen LogP contribution in [0.15, 0.2) is 0 Å². The molecule has 0 amide bonds. The zero-order chi connectivity index (χ0) is 15.4. The van der Waals surface area contributed by atoms with Crippen LogP contribution >= 0.6 is 0 Å². The Kier molecular flexibility index (Phi) is 5.93. The van der Waals surface area contributed by atoms with E-state index in [0.29, 0.717) is 32.4 Å². The van der Waals surface area contributed by atoms with Crippen molar-refractivity contribution in [2.45, 2.75) is 38.6 Å². The predicted octanol–water partition coefficient (Wildman–Crippen LogP) is -0.133. The molecule has 2 N–H and O–H groups in total. The molecule has 0 spiro atoms. The van der Waals surface area contributed by atoms with Crippen LogP contribution in [-0.2, 0) is 19.7 Å². The highest BCUT2D eigenvalue weighted by Gasteiger charge is 2.34. The van der Waals surface area contributed by atoms with Crippen molar-refractivity contribution < 1.29 is 23.1 Å². The maximum Gasteiger partial charge on any atom is 0.308 e. The number of aliphatic hydroxyl groups is 1. The summed E-state index contributed by atoms with van der Waals surface area (Å²) in [6, 6.07) is 0. The summed E-state index contributed by atoms with van der Waals surface area (Å²) in [5.41, 5.74) is -0.702. The Bertz CT molecular complexity index is 427. The first-order valence-electron chi connectivity index (χ1n) is 6.69. The number of nitrogens with zero attached hydrogens (tertiary/aromatic N) is 1. The number of esters is 1. The summed E-state index contributed by atoms with van der Waals surface area (Å²) in [7, 11) is -2.26.